The minimum atomic E-state index is -0.131. The van der Waals surface area contributed by atoms with Crippen LogP contribution < -0.4 is 15.8 Å². The minimum Gasteiger partial charge on any atom is -0.497 e. The molecule has 0 bridgehead atoms. The van der Waals surface area contributed by atoms with Gasteiger partial charge in [-0.25, -0.2) is 0 Å². The van der Waals surface area contributed by atoms with E-state index in [9.17, 15) is 4.79 Å². The number of halogens is 1. The summed E-state index contributed by atoms with van der Waals surface area (Å²) >= 11 is 0. The van der Waals surface area contributed by atoms with Crippen LogP contribution in [0.4, 0.5) is 0 Å². The number of methoxy groups -OCH3 is 1. The molecule has 0 aliphatic heterocycles. The summed E-state index contributed by atoms with van der Waals surface area (Å²) in [6.07, 6.45) is 4.63. The van der Waals surface area contributed by atoms with Gasteiger partial charge in [-0.1, -0.05) is 31.9 Å². The third-order valence-corrected chi connectivity index (χ3v) is 4.64. The average Bonchev–Trinajstić information content (AvgIpc) is 3.02. The number of hydrogen-bond acceptors (Lipinski definition) is 3. The van der Waals surface area contributed by atoms with Gasteiger partial charge in [-0.3, -0.25) is 4.79 Å². The van der Waals surface area contributed by atoms with E-state index in [1.165, 1.54) is 18.4 Å². The van der Waals surface area contributed by atoms with Crippen LogP contribution in [0.5, 0.6) is 5.75 Å². The van der Waals surface area contributed by atoms with Gasteiger partial charge in [0, 0.05) is 24.4 Å². The van der Waals surface area contributed by atoms with Gasteiger partial charge in [0.15, 0.2) is 0 Å². The molecule has 1 fully saturated rings. The van der Waals surface area contributed by atoms with Crippen molar-refractivity contribution in [1.82, 2.24) is 5.32 Å². The van der Waals surface area contributed by atoms with Gasteiger partial charge in [-0.15, -0.1) is 12.4 Å². The Hall–Kier alpha value is -1.26. The first-order chi connectivity index (χ1) is 10.1. The second-order valence-electron chi connectivity index (χ2n) is 6.07. The van der Waals surface area contributed by atoms with Crippen LogP contribution in [0, 0.1) is 5.92 Å². The number of amides is 1. The van der Waals surface area contributed by atoms with Gasteiger partial charge in [-0.2, -0.15) is 0 Å². The summed E-state index contributed by atoms with van der Waals surface area (Å²) in [5.41, 5.74) is 6.87. The highest BCUT2D eigenvalue weighted by atomic mass is 35.5. The summed E-state index contributed by atoms with van der Waals surface area (Å²) in [5, 5.41) is 3.09. The van der Waals surface area contributed by atoms with E-state index in [4.69, 9.17) is 10.5 Å². The Kier molecular flexibility index (Phi) is 7.17. The summed E-state index contributed by atoms with van der Waals surface area (Å²) in [6, 6.07) is 8.23. The van der Waals surface area contributed by atoms with Crippen molar-refractivity contribution in [2.45, 2.75) is 38.0 Å². The van der Waals surface area contributed by atoms with E-state index in [-0.39, 0.29) is 29.6 Å². The number of carbonyl (C=O) groups is 1. The van der Waals surface area contributed by atoms with Gasteiger partial charge in [0.2, 0.25) is 5.91 Å². The highest BCUT2D eigenvalue weighted by molar-refractivity contribution is 5.85. The molecule has 5 heteroatoms. The van der Waals surface area contributed by atoms with Gasteiger partial charge in [0.05, 0.1) is 7.11 Å². The fourth-order valence-electron chi connectivity index (χ4n) is 3.11. The number of rotatable bonds is 6. The number of nitrogens with two attached hydrogens (primary N) is 1. The van der Waals surface area contributed by atoms with E-state index in [2.05, 4.69) is 17.4 Å². The van der Waals surface area contributed by atoms with E-state index < -0.39 is 0 Å². The highest BCUT2D eigenvalue weighted by Gasteiger charge is 2.36. The molecule has 1 aliphatic rings. The molecule has 0 heterocycles. The van der Waals surface area contributed by atoms with Gasteiger partial charge in [0.1, 0.15) is 5.75 Å². The van der Waals surface area contributed by atoms with Gasteiger partial charge in [-0.05, 0) is 30.5 Å². The van der Waals surface area contributed by atoms with Crippen molar-refractivity contribution in [3.8, 4) is 5.75 Å². The summed E-state index contributed by atoms with van der Waals surface area (Å²) in [6.45, 7) is 2.93. The van der Waals surface area contributed by atoms with Crippen molar-refractivity contribution in [3.05, 3.63) is 29.8 Å². The van der Waals surface area contributed by atoms with E-state index in [1.807, 2.05) is 19.1 Å². The molecule has 1 atom stereocenters. The van der Waals surface area contributed by atoms with Crippen LogP contribution in [0.2, 0.25) is 0 Å². The maximum Gasteiger partial charge on any atom is 0.224 e. The molecule has 1 aromatic rings. The summed E-state index contributed by atoms with van der Waals surface area (Å²) < 4.78 is 5.34. The van der Waals surface area contributed by atoms with Crippen LogP contribution in [0.15, 0.2) is 24.3 Å². The summed E-state index contributed by atoms with van der Waals surface area (Å²) in [7, 11) is 1.69. The lowest BCUT2D eigenvalue weighted by molar-refractivity contribution is -0.124. The maximum atomic E-state index is 12.0. The number of nitrogens with one attached hydrogen (secondary N) is 1. The molecule has 1 saturated carbocycles. The van der Waals surface area contributed by atoms with E-state index >= 15 is 0 Å². The Morgan fingerprint density at radius 1 is 1.41 bits per heavy atom. The van der Waals surface area contributed by atoms with Crippen molar-refractivity contribution >= 4 is 18.3 Å². The lowest BCUT2D eigenvalue weighted by Crippen LogP contribution is -2.42. The zero-order chi connectivity index (χ0) is 15.3. The van der Waals surface area contributed by atoms with Gasteiger partial charge in [0.25, 0.3) is 0 Å². The van der Waals surface area contributed by atoms with Crippen molar-refractivity contribution in [2.24, 2.45) is 11.7 Å². The quantitative estimate of drug-likeness (QED) is 0.844. The lowest BCUT2D eigenvalue weighted by Gasteiger charge is -2.30. The van der Waals surface area contributed by atoms with Gasteiger partial charge >= 0.3 is 0 Å². The summed E-state index contributed by atoms with van der Waals surface area (Å²) in [5.74, 6) is 0.792. The molecule has 0 aromatic heterocycles. The topological polar surface area (TPSA) is 64.3 Å². The van der Waals surface area contributed by atoms with Crippen LogP contribution >= 0.6 is 12.4 Å². The molecule has 1 aliphatic carbocycles. The fraction of sp³-hybridized carbons (Fsp3) is 0.588. The molecule has 0 saturated heterocycles. The van der Waals surface area contributed by atoms with Crippen molar-refractivity contribution in [1.29, 1.82) is 0 Å². The number of benzene rings is 1. The molecule has 4 nitrogen and oxygen atoms in total. The Morgan fingerprint density at radius 2 is 2.09 bits per heavy atom. The largest absolute Gasteiger partial charge is 0.497 e. The first-order valence-electron chi connectivity index (χ1n) is 7.73. The monoisotopic (exact) mass is 326 g/mol. The first kappa shape index (κ1) is 18.8. The standard InChI is InChI=1S/C17H26N2O2.ClH/c1-13(11-18)16(20)19-12-17(8-3-4-9-17)14-6-5-7-15(10-14)21-2;/h5-7,10,13H,3-4,8-9,11-12,18H2,1-2H3,(H,19,20);1H. The first-order valence-corrected chi connectivity index (χ1v) is 7.73. The Labute approximate surface area is 139 Å². The predicted molar refractivity (Wildman–Crippen MR) is 91.6 cm³/mol. The van der Waals surface area contributed by atoms with Crippen LogP contribution in [0.3, 0.4) is 0 Å². The summed E-state index contributed by atoms with van der Waals surface area (Å²) in [4.78, 5) is 12.0. The molecule has 124 valence electrons. The Morgan fingerprint density at radius 3 is 2.68 bits per heavy atom. The third kappa shape index (κ3) is 4.14. The minimum absolute atomic E-state index is 0. The SMILES string of the molecule is COc1cccc(C2(CNC(=O)C(C)CN)CCCC2)c1.Cl. The third-order valence-electron chi connectivity index (χ3n) is 4.64. The van der Waals surface area contributed by atoms with E-state index in [0.717, 1.165) is 18.6 Å². The predicted octanol–water partition coefficient (Wildman–Crippen LogP) is 2.64. The Balaban J connectivity index is 0.00000242. The molecule has 22 heavy (non-hydrogen) atoms. The van der Waals surface area contributed by atoms with Crippen LogP contribution in [-0.4, -0.2) is 26.1 Å². The molecule has 1 unspecified atom stereocenters. The van der Waals surface area contributed by atoms with Crippen LogP contribution in [0.25, 0.3) is 0 Å². The van der Waals surface area contributed by atoms with E-state index in [0.29, 0.717) is 13.1 Å². The van der Waals surface area contributed by atoms with Crippen molar-refractivity contribution in [2.75, 3.05) is 20.2 Å². The molecule has 1 aromatic carbocycles. The molecule has 0 spiro atoms. The second kappa shape index (κ2) is 8.39. The van der Waals surface area contributed by atoms with E-state index in [1.54, 1.807) is 7.11 Å². The average molecular weight is 327 g/mol. The second-order valence-corrected chi connectivity index (χ2v) is 6.07. The highest BCUT2D eigenvalue weighted by Crippen LogP contribution is 2.41. The smallest absolute Gasteiger partial charge is 0.224 e. The zero-order valence-corrected chi connectivity index (χ0v) is 14.2. The van der Waals surface area contributed by atoms with Crippen molar-refractivity contribution < 1.29 is 9.53 Å². The molecule has 3 N–H and O–H groups in total. The maximum absolute atomic E-state index is 12.0. The van der Waals surface area contributed by atoms with Gasteiger partial charge < -0.3 is 15.8 Å². The molecule has 1 amide bonds. The van der Waals surface area contributed by atoms with Crippen LogP contribution in [-0.2, 0) is 10.2 Å². The normalized spacial score (nSPS) is 17.4. The van der Waals surface area contributed by atoms with Crippen molar-refractivity contribution in [3.63, 3.8) is 0 Å². The molecular formula is C17H27ClN2O2. The number of carbonyl (C=O) groups excluding carboxylic acids is 1. The number of hydrogen-bond donors (Lipinski definition) is 2. The van der Waals surface area contributed by atoms with Crippen LogP contribution in [0.1, 0.15) is 38.2 Å². The lowest BCUT2D eigenvalue weighted by atomic mass is 9.78. The Bertz CT molecular complexity index is 487. The zero-order valence-electron chi connectivity index (χ0n) is 13.4. The molecule has 2 rings (SSSR count). The fourth-order valence-corrected chi connectivity index (χ4v) is 3.11. The number of ether oxygens (including phenoxy) is 1. The molecular weight excluding hydrogens is 300 g/mol. The molecule has 0 radical (unpaired) electrons.